The van der Waals surface area contributed by atoms with Crippen molar-refractivity contribution >= 4 is 30.1 Å². The van der Waals surface area contributed by atoms with Gasteiger partial charge in [-0.2, -0.15) is 16.8 Å². The third-order valence-electron chi connectivity index (χ3n) is 2.85. The lowest BCUT2D eigenvalue weighted by molar-refractivity contribution is 0.480. The molecule has 8 nitrogen and oxygen atoms in total. The van der Waals surface area contributed by atoms with Crippen LogP contribution in [0.5, 0.6) is 0 Å². The Labute approximate surface area is 132 Å². The number of benzene rings is 2. The van der Waals surface area contributed by atoms with Gasteiger partial charge in [0.25, 0.3) is 20.2 Å². The summed E-state index contributed by atoms with van der Waals surface area (Å²) in [6.45, 7) is 0. The third kappa shape index (κ3) is 3.76. The molecule has 0 saturated heterocycles. The van der Waals surface area contributed by atoms with E-state index in [4.69, 9.17) is 9.11 Å². The Morgan fingerprint density at radius 2 is 1.00 bits per heavy atom. The lowest BCUT2D eigenvalue weighted by Crippen LogP contribution is -2.05. The van der Waals surface area contributed by atoms with Crippen LogP contribution in [0.3, 0.4) is 0 Å². The lowest BCUT2D eigenvalue weighted by atomic mass is 10.4. The molecule has 0 saturated carbocycles. The summed E-state index contributed by atoms with van der Waals surface area (Å²) >= 11 is 0. The Morgan fingerprint density at radius 3 is 1.48 bits per heavy atom. The van der Waals surface area contributed by atoms with Gasteiger partial charge in [0.05, 0.1) is 19.6 Å². The molecule has 124 valence electrons. The van der Waals surface area contributed by atoms with E-state index in [1.54, 1.807) is 0 Å². The molecule has 2 rings (SSSR count). The molecule has 0 fully saturated rings. The van der Waals surface area contributed by atoms with Gasteiger partial charge in [-0.25, -0.2) is 8.42 Å². The van der Waals surface area contributed by atoms with E-state index in [-0.39, 0.29) is 4.90 Å². The zero-order chi connectivity index (χ0) is 17.5. The molecule has 0 bridgehead atoms. The van der Waals surface area contributed by atoms with E-state index in [0.717, 1.165) is 48.5 Å². The number of hydrogen-bond donors (Lipinski definition) is 2. The van der Waals surface area contributed by atoms with E-state index in [2.05, 4.69) is 0 Å². The number of sulfone groups is 1. The summed E-state index contributed by atoms with van der Waals surface area (Å²) in [7, 11) is -13.2. The molecule has 0 unspecified atom stereocenters. The Balaban J connectivity index is 2.55. The van der Waals surface area contributed by atoms with Crippen LogP contribution in [-0.4, -0.2) is 34.4 Å². The molecule has 0 radical (unpaired) electrons. The van der Waals surface area contributed by atoms with E-state index in [9.17, 15) is 25.3 Å². The first-order chi connectivity index (χ1) is 10.4. The van der Waals surface area contributed by atoms with E-state index < -0.39 is 44.8 Å². The molecule has 2 aromatic carbocycles. The van der Waals surface area contributed by atoms with Gasteiger partial charge in [-0.3, -0.25) is 9.11 Å². The molecule has 0 aliphatic rings. The molecule has 0 atom stereocenters. The molecule has 0 heterocycles. The SMILES string of the molecule is O=S(=O)(O)c1ccc(S(=O)(=O)c2cccc(S(=O)(=O)O)c2)cc1. The lowest BCUT2D eigenvalue weighted by Gasteiger charge is -2.06. The first-order valence-corrected chi connectivity index (χ1v) is 10.2. The standard InChI is InChI=1S/C12H10O8S3/c13-21(14,9-4-6-10(7-5-9)22(15,16)17)11-2-1-3-12(8-11)23(18,19)20/h1-8H,(H,15,16,17)(H,18,19,20). The monoisotopic (exact) mass is 378 g/mol. The van der Waals surface area contributed by atoms with Crippen molar-refractivity contribution in [1.29, 1.82) is 0 Å². The van der Waals surface area contributed by atoms with Crippen molar-refractivity contribution in [3.8, 4) is 0 Å². The van der Waals surface area contributed by atoms with Gasteiger partial charge in [-0.05, 0) is 42.5 Å². The normalized spacial score (nSPS) is 13.0. The van der Waals surface area contributed by atoms with Gasteiger partial charge < -0.3 is 0 Å². The molecule has 0 aliphatic heterocycles. The van der Waals surface area contributed by atoms with Crippen LogP contribution in [-0.2, 0) is 30.1 Å². The fourth-order valence-electron chi connectivity index (χ4n) is 1.73. The van der Waals surface area contributed by atoms with Crippen LogP contribution in [0.4, 0.5) is 0 Å². The maximum Gasteiger partial charge on any atom is 0.294 e. The number of rotatable bonds is 4. The second-order valence-electron chi connectivity index (χ2n) is 4.40. The van der Waals surface area contributed by atoms with Crippen molar-refractivity contribution in [3.05, 3.63) is 48.5 Å². The van der Waals surface area contributed by atoms with E-state index >= 15 is 0 Å². The molecule has 0 spiro atoms. The van der Waals surface area contributed by atoms with Gasteiger partial charge in [-0.15, -0.1) is 0 Å². The minimum Gasteiger partial charge on any atom is -0.282 e. The first-order valence-electron chi connectivity index (χ1n) is 5.82. The summed E-state index contributed by atoms with van der Waals surface area (Å²) < 4.78 is 86.6. The maximum atomic E-state index is 12.4. The van der Waals surface area contributed by atoms with Gasteiger partial charge in [0.15, 0.2) is 0 Å². The average molecular weight is 378 g/mol. The largest absolute Gasteiger partial charge is 0.294 e. The minimum atomic E-state index is -4.57. The number of hydrogen-bond acceptors (Lipinski definition) is 6. The van der Waals surface area contributed by atoms with E-state index in [1.165, 1.54) is 0 Å². The van der Waals surface area contributed by atoms with Crippen LogP contribution < -0.4 is 0 Å². The van der Waals surface area contributed by atoms with Gasteiger partial charge in [-0.1, -0.05) is 6.07 Å². The van der Waals surface area contributed by atoms with Crippen molar-refractivity contribution in [1.82, 2.24) is 0 Å². The molecular weight excluding hydrogens is 368 g/mol. The second-order valence-corrected chi connectivity index (χ2v) is 9.19. The summed E-state index contributed by atoms with van der Waals surface area (Å²) in [5.74, 6) is 0. The van der Waals surface area contributed by atoms with Gasteiger partial charge >= 0.3 is 0 Å². The molecule has 23 heavy (non-hydrogen) atoms. The van der Waals surface area contributed by atoms with Gasteiger partial charge in [0.2, 0.25) is 9.84 Å². The zero-order valence-corrected chi connectivity index (χ0v) is 13.6. The van der Waals surface area contributed by atoms with Crippen LogP contribution in [0.25, 0.3) is 0 Å². The summed E-state index contributed by atoms with van der Waals surface area (Å²) in [5, 5.41) is 0. The average Bonchev–Trinajstić information content (AvgIpc) is 2.46. The molecule has 11 heteroatoms. The highest BCUT2D eigenvalue weighted by atomic mass is 32.2. The van der Waals surface area contributed by atoms with Crippen molar-refractivity contribution in [2.45, 2.75) is 19.6 Å². The third-order valence-corrected chi connectivity index (χ3v) is 6.33. The molecule has 0 amide bonds. The fourth-order valence-corrected chi connectivity index (χ4v) is 4.12. The van der Waals surface area contributed by atoms with Crippen molar-refractivity contribution in [2.75, 3.05) is 0 Å². The second kappa shape index (κ2) is 5.69. The Morgan fingerprint density at radius 1 is 0.565 bits per heavy atom. The van der Waals surface area contributed by atoms with Crippen molar-refractivity contribution in [2.24, 2.45) is 0 Å². The molecular formula is C12H10O8S3. The van der Waals surface area contributed by atoms with E-state index in [1.807, 2.05) is 0 Å². The Kier molecular flexibility index (Phi) is 4.34. The quantitative estimate of drug-likeness (QED) is 0.750. The van der Waals surface area contributed by atoms with E-state index in [0.29, 0.717) is 0 Å². The minimum absolute atomic E-state index is 0.308. The summed E-state index contributed by atoms with van der Waals surface area (Å²) in [4.78, 5) is -1.78. The van der Waals surface area contributed by atoms with Crippen molar-refractivity contribution in [3.63, 3.8) is 0 Å². The van der Waals surface area contributed by atoms with Crippen LogP contribution in [0, 0.1) is 0 Å². The Hall–Kier alpha value is -1.79. The summed E-state index contributed by atoms with van der Waals surface area (Å²) in [5.41, 5.74) is 0. The highest BCUT2D eigenvalue weighted by Crippen LogP contribution is 2.24. The molecule has 2 N–H and O–H groups in total. The predicted octanol–water partition coefficient (Wildman–Crippen LogP) is 1.01. The molecule has 0 aliphatic carbocycles. The maximum absolute atomic E-state index is 12.4. The van der Waals surface area contributed by atoms with Gasteiger partial charge in [0.1, 0.15) is 0 Å². The Bertz CT molecular complexity index is 1050. The first kappa shape index (κ1) is 17.6. The topological polar surface area (TPSA) is 143 Å². The van der Waals surface area contributed by atoms with Crippen LogP contribution in [0.2, 0.25) is 0 Å². The van der Waals surface area contributed by atoms with Crippen molar-refractivity contribution < 1.29 is 34.4 Å². The summed E-state index contributed by atoms with van der Waals surface area (Å²) in [6, 6.07) is 7.78. The highest BCUT2D eigenvalue weighted by Gasteiger charge is 2.21. The highest BCUT2D eigenvalue weighted by molar-refractivity contribution is 7.91. The molecule has 2 aromatic rings. The van der Waals surface area contributed by atoms with Gasteiger partial charge in [0, 0.05) is 0 Å². The van der Waals surface area contributed by atoms with Crippen LogP contribution in [0.15, 0.2) is 68.1 Å². The van der Waals surface area contributed by atoms with Crippen LogP contribution >= 0.6 is 0 Å². The predicted molar refractivity (Wildman–Crippen MR) is 78.0 cm³/mol. The van der Waals surface area contributed by atoms with Crippen LogP contribution in [0.1, 0.15) is 0 Å². The smallest absolute Gasteiger partial charge is 0.282 e. The zero-order valence-electron chi connectivity index (χ0n) is 11.2. The fraction of sp³-hybridized carbons (Fsp3) is 0. The summed E-state index contributed by atoms with van der Waals surface area (Å²) in [6.07, 6.45) is 0. The molecule has 0 aromatic heterocycles.